The Morgan fingerprint density at radius 2 is 2.25 bits per heavy atom. The largest absolute Gasteiger partial charge is 0.254 e. The van der Waals surface area contributed by atoms with Gasteiger partial charge in [0.2, 0.25) is 0 Å². The van der Waals surface area contributed by atoms with Crippen molar-refractivity contribution in [2.75, 3.05) is 0 Å². The third-order valence-electron chi connectivity index (χ3n) is 2.08. The Balaban J connectivity index is 2.17. The molecule has 0 N–H and O–H groups in total. The highest BCUT2D eigenvalue weighted by Gasteiger charge is 2.60. The molecule has 0 bridgehead atoms. The van der Waals surface area contributed by atoms with Crippen LogP contribution in [0.15, 0.2) is 0 Å². The summed E-state index contributed by atoms with van der Waals surface area (Å²) < 4.78 is 24.7. The molecular formula is C6H7F2. The van der Waals surface area contributed by atoms with Crippen molar-refractivity contribution in [3.8, 4) is 0 Å². The summed E-state index contributed by atoms with van der Waals surface area (Å²) in [6.45, 7) is 0. The molecule has 2 heteroatoms. The first-order valence-electron chi connectivity index (χ1n) is 2.94. The highest BCUT2D eigenvalue weighted by atomic mass is 19.3. The van der Waals surface area contributed by atoms with E-state index in [2.05, 4.69) is 0 Å². The minimum Gasteiger partial charge on any atom is -0.206 e. The van der Waals surface area contributed by atoms with Gasteiger partial charge in [0.1, 0.15) is 0 Å². The fraction of sp³-hybridized carbons (Fsp3) is 0.833. The van der Waals surface area contributed by atoms with Crippen molar-refractivity contribution in [1.82, 2.24) is 0 Å². The fourth-order valence-electron chi connectivity index (χ4n) is 1.45. The second kappa shape index (κ2) is 1.07. The molecule has 1 radical (unpaired) electrons. The van der Waals surface area contributed by atoms with Gasteiger partial charge in [0.05, 0.1) is 0 Å². The van der Waals surface area contributed by atoms with Crippen LogP contribution in [0.25, 0.3) is 0 Å². The summed E-state index contributed by atoms with van der Waals surface area (Å²) >= 11 is 0. The molecule has 2 rings (SSSR count). The molecule has 0 heterocycles. The van der Waals surface area contributed by atoms with Crippen LogP contribution in [-0.4, -0.2) is 5.92 Å². The summed E-state index contributed by atoms with van der Waals surface area (Å²) in [4.78, 5) is 0. The Morgan fingerprint density at radius 3 is 2.38 bits per heavy atom. The first kappa shape index (κ1) is 4.71. The summed E-state index contributed by atoms with van der Waals surface area (Å²) in [6, 6.07) is 0. The molecule has 0 nitrogen and oxygen atoms in total. The maximum Gasteiger partial charge on any atom is 0.254 e. The maximum absolute atomic E-state index is 12.3. The van der Waals surface area contributed by atoms with Crippen LogP contribution in [0, 0.1) is 11.8 Å². The molecule has 1 unspecified atom stereocenters. The van der Waals surface area contributed by atoms with Crippen LogP contribution in [0.3, 0.4) is 0 Å². The fourth-order valence-corrected chi connectivity index (χ4v) is 1.45. The number of rotatable bonds is 0. The summed E-state index contributed by atoms with van der Waals surface area (Å²) in [5, 5.41) is 0. The van der Waals surface area contributed by atoms with E-state index in [1.165, 1.54) is 0 Å². The van der Waals surface area contributed by atoms with Gasteiger partial charge >= 0.3 is 0 Å². The molecule has 8 heavy (non-hydrogen) atoms. The van der Waals surface area contributed by atoms with E-state index in [0.29, 0.717) is 18.3 Å². The zero-order valence-electron chi connectivity index (χ0n) is 4.45. The monoisotopic (exact) mass is 117 g/mol. The Morgan fingerprint density at radius 1 is 1.50 bits per heavy atom. The predicted octanol–water partition coefficient (Wildman–Crippen LogP) is 2.01. The lowest BCUT2D eigenvalue weighted by molar-refractivity contribution is 0.0333. The zero-order valence-corrected chi connectivity index (χ0v) is 4.45. The van der Waals surface area contributed by atoms with Crippen LogP contribution in [0.4, 0.5) is 8.78 Å². The first-order chi connectivity index (χ1) is 3.70. The second-order valence-electron chi connectivity index (χ2n) is 2.67. The van der Waals surface area contributed by atoms with Crippen molar-refractivity contribution < 1.29 is 8.78 Å². The van der Waals surface area contributed by atoms with Gasteiger partial charge in [-0.25, -0.2) is 8.78 Å². The third-order valence-corrected chi connectivity index (χ3v) is 2.08. The number of fused-ring (bicyclic) bond motifs is 1. The molecule has 2 fully saturated rings. The van der Waals surface area contributed by atoms with Crippen LogP contribution < -0.4 is 0 Å². The number of alkyl halides is 2. The van der Waals surface area contributed by atoms with Gasteiger partial charge in [0.15, 0.2) is 0 Å². The van der Waals surface area contributed by atoms with Gasteiger partial charge in [-0.3, -0.25) is 0 Å². The molecule has 2 saturated carbocycles. The van der Waals surface area contributed by atoms with E-state index >= 15 is 0 Å². The summed E-state index contributed by atoms with van der Waals surface area (Å²) in [7, 11) is 0. The number of halogens is 2. The third kappa shape index (κ3) is 0.434. The molecule has 0 aromatic carbocycles. The highest BCUT2D eigenvalue weighted by molar-refractivity contribution is 5.26. The van der Waals surface area contributed by atoms with Crippen molar-refractivity contribution in [2.45, 2.75) is 25.2 Å². The van der Waals surface area contributed by atoms with Crippen LogP contribution in [0.1, 0.15) is 19.3 Å². The lowest BCUT2D eigenvalue weighted by Crippen LogP contribution is -2.12. The van der Waals surface area contributed by atoms with E-state index in [4.69, 9.17) is 0 Å². The first-order valence-corrected chi connectivity index (χ1v) is 2.94. The van der Waals surface area contributed by atoms with Crippen molar-refractivity contribution in [1.29, 1.82) is 0 Å². The van der Waals surface area contributed by atoms with E-state index in [-0.39, 0.29) is 6.42 Å². The lowest BCUT2D eigenvalue weighted by Gasteiger charge is -2.07. The summed E-state index contributed by atoms with van der Waals surface area (Å²) in [6.07, 6.45) is 1.57. The van der Waals surface area contributed by atoms with Crippen LogP contribution in [0.5, 0.6) is 0 Å². The van der Waals surface area contributed by atoms with E-state index in [1.807, 2.05) is 0 Å². The van der Waals surface area contributed by atoms with Gasteiger partial charge < -0.3 is 0 Å². The standard InChI is InChI=1S/C6H7F2/c7-6(8)2-1-4-3-5(4)6/h4H,1-3H2. The number of hydrogen-bond acceptors (Lipinski definition) is 0. The van der Waals surface area contributed by atoms with Crippen molar-refractivity contribution >= 4 is 0 Å². The molecule has 1 atom stereocenters. The summed E-state index contributed by atoms with van der Waals surface area (Å²) in [5.74, 6) is -1.51. The van der Waals surface area contributed by atoms with E-state index in [0.717, 1.165) is 6.42 Å². The maximum atomic E-state index is 12.3. The van der Waals surface area contributed by atoms with Crippen LogP contribution in [0.2, 0.25) is 0 Å². The molecule has 0 aromatic heterocycles. The normalized spacial score (nSPS) is 42.0. The lowest BCUT2D eigenvalue weighted by atomic mass is 10.2. The Hall–Kier alpha value is -0.140. The van der Waals surface area contributed by atoms with Gasteiger partial charge in [-0.2, -0.15) is 0 Å². The van der Waals surface area contributed by atoms with Gasteiger partial charge in [0, 0.05) is 12.3 Å². The minimum absolute atomic E-state index is 0.118. The van der Waals surface area contributed by atoms with Gasteiger partial charge in [-0.05, 0) is 18.8 Å². The second-order valence-corrected chi connectivity index (χ2v) is 2.67. The SMILES string of the molecule is FC1(F)CCC2C[C]21. The van der Waals surface area contributed by atoms with Crippen molar-refractivity contribution in [2.24, 2.45) is 5.92 Å². The van der Waals surface area contributed by atoms with Gasteiger partial charge in [-0.1, -0.05) is 0 Å². The Bertz CT molecular complexity index is 120. The average molecular weight is 117 g/mol. The van der Waals surface area contributed by atoms with E-state index < -0.39 is 5.92 Å². The number of hydrogen-bond donors (Lipinski definition) is 0. The van der Waals surface area contributed by atoms with Crippen molar-refractivity contribution in [3.63, 3.8) is 0 Å². The highest BCUT2D eigenvalue weighted by Crippen LogP contribution is 2.61. The zero-order chi connectivity index (χ0) is 5.78. The van der Waals surface area contributed by atoms with Gasteiger partial charge in [-0.15, -0.1) is 0 Å². The summed E-state index contributed by atoms with van der Waals surface area (Å²) in [5.41, 5.74) is 0. The Labute approximate surface area is 46.9 Å². The molecule has 0 saturated heterocycles. The minimum atomic E-state index is -2.36. The quantitative estimate of drug-likeness (QED) is 0.455. The Kier molecular flexibility index (Phi) is 0.628. The van der Waals surface area contributed by atoms with Gasteiger partial charge in [0.25, 0.3) is 5.92 Å². The average Bonchev–Trinajstić information content (AvgIpc) is 2.34. The van der Waals surface area contributed by atoms with Crippen molar-refractivity contribution in [3.05, 3.63) is 5.92 Å². The van der Waals surface area contributed by atoms with Crippen LogP contribution >= 0.6 is 0 Å². The molecule has 0 aliphatic heterocycles. The predicted molar refractivity (Wildman–Crippen MR) is 25.5 cm³/mol. The van der Waals surface area contributed by atoms with Crippen LogP contribution in [-0.2, 0) is 0 Å². The van der Waals surface area contributed by atoms with E-state index in [9.17, 15) is 8.78 Å². The molecular weight excluding hydrogens is 110 g/mol. The molecule has 0 aromatic rings. The molecule has 0 amide bonds. The molecule has 0 spiro atoms. The van der Waals surface area contributed by atoms with E-state index in [1.54, 1.807) is 0 Å². The molecule has 2 aliphatic carbocycles. The molecule has 2 aliphatic rings. The smallest absolute Gasteiger partial charge is 0.206 e. The topological polar surface area (TPSA) is 0 Å². The molecule has 45 valence electrons.